The van der Waals surface area contributed by atoms with Crippen molar-refractivity contribution in [2.45, 2.75) is 20.8 Å². The number of aryl methyl sites for hydroxylation is 3. The van der Waals surface area contributed by atoms with E-state index in [0.29, 0.717) is 0 Å². The minimum absolute atomic E-state index is 0. The summed E-state index contributed by atoms with van der Waals surface area (Å²) in [5.74, 6) is 0. The van der Waals surface area contributed by atoms with Gasteiger partial charge < -0.3 is 0 Å². The van der Waals surface area contributed by atoms with Crippen LogP contribution < -0.4 is 15.9 Å². The van der Waals surface area contributed by atoms with Crippen LogP contribution in [-0.2, 0) is 16.5 Å². The van der Waals surface area contributed by atoms with Gasteiger partial charge >= 0.3 is 0 Å². The molecule has 0 unspecified atom stereocenters. The quantitative estimate of drug-likeness (QED) is 0.485. The van der Waals surface area contributed by atoms with Gasteiger partial charge in [-0.2, -0.15) is 0 Å². The van der Waals surface area contributed by atoms with E-state index in [1.165, 1.54) is 32.6 Å². The monoisotopic (exact) mass is 363 g/mol. The van der Waals surface area contributed by atoms with Crippen molar-refractivity contribution in [2.75, 3.05) is 0 Å². The van der Waals surface area contributed by atoms with Crippen molar-refractivity contribution in [1.29, 1.82) is 0 Å². The molecule has 0 atom stereocenters. The maximum Gasteiger partial charge on any atom is 0.105 e. The summed E-state index contributed by atoms with van der Waals surface area (Å²) in [5.41, 5.74) is 4.17. The predicted octanol–water partition coefficient (Wildman–Crippen LogP) is 4.10. The molecule has 3 rings (SSSR count). The summed E-state index contributed by atoms with van der Waals surface area (Å²) in [6.07, 6.45) is 0. The predicted molar refractivity (Wildman–Crippen MR) is 101 cm³/mol. The molecule has 0 amide bonds. The molecule has 0 aliphatic rings. The summed E-state index contributed by atoms with van der Waals surface area (Å²) in [6, 6.07) is 26.5. The molecule has 3 aromatic carbocycles. The molecular weight excluding hydrogens is 342 g/mol. The van der Waals surface area contributed by atoms with Crippen LogP contribution in [0.2, 0.25) is 0 Å². The normalized spacial score (nSPS) is 10.4. The standard InChI is InChI=1S/C21H21P.Ni/c1-16-10-4-7-13-19(16)22(20-14-8-5-11-17(20)2)21-15-9-6-12-18(21)3;/h4-15H,1-3H3;/p+1. The molecule has 0 aliphatic heterocycles. The van der Waals surface area contributed by atoms with E-state index in [-0.39, 0.29) is 16.5 Å². The first-order chi connectivity index (χ1) is 10.7. The molecule has 0 aliphatic carbocycles. The Morgan fingerprint density at radius 2 is 0.739 bits per heavy atom. The van der Waals surface area contributed by atoms with Crippen molar-refractivity contribution in [1.82, 2.24) is 0 Å². The Bertz CT molecular complexity index is 687. The van der Waals surface area contributed by atoms with Crippen molar-refractivity contribution < 1.29 is 16.5 Å². The number of benzene rings is 3. The Morgan fingerprint density at radius 1 is 0.478 bits per heavy atom. The summed E-state index contributed by atoms with van der Waals surface area (Å²) in [4.78, 5) is 0. The fourth-order valence-corrected chi connectivity index (χ4v) is 6.09. The molecular formula is C21H22NiP+. The Balaban J connectivity index is 0.00000192. The van der Waals surface area contributed by atoms with E-state index in [1.54, 1.807) is 0 Å². The topological polar surface area (TPSA) is 0 Å². The van der Waals surface area contributed by atoms with Crippen molar-refractivity contribution in [3.05, 3.63) is 89.5 Å². The van der Waals surface area contributed by atoms with Crippen LogP contribution in [-0.4, -0.2) is 0 Å². The summed E-state index contributed by atoms with van der Waals surface area (Å²) in [7, 11) is -0.968. The third-order valence-corrected chi connectivity index (χ3v) is 7.54. The zero-order valence-electron chi connectivity index (χ0n) is 13.7. The molecule has 0 nitrogen and oxygen atoms in total. The smallest absolute Gasteiger partial charge is 0.0617 e. The van der Waals surface area contributed by atoms with Gasteiger partial charge in [0.25, 0.3) is 0 Å². The van der Waals surface area contributed by atoms with Crippen molar-refractivity contribution in [2.24, 2.45) is 0 Å². The minimum Gasteiger partial charge on any atom is -0.0617 e. The van der Waals surface area contributed by atoms with Gasteiger partial charge in [-0.1, -0.05) is 54.6 Å². The fourth-order valence-electron chi connectivity index (χ4n) is 3.00. The first-order valence-electron chi connectivity index (χ1n) is 7.73. The molecule has 0 saturated heterocycles. The summed E-state index contributed by atoms with van der Waals surface area (Å²) in [6.45, 7) is 6.70. The maximum absolute atomic E-state index is 2.31. The van der Waals surface area contributed by atoms with Gasteiger partial charge in [0.15, 0.2) is 0 Å². The van der Waals surface area contributed by atoms with Crippen molar-refractivity contribution in [3.8, 4) is 0 Å². The molecule has 0 spiro atoms. The van der Waals surface area contributed by atoms with Gasteiger partial charge in [0.05, 0.1) is 7.92 Å². The van der Waals surface area contributed by atoms with Crippen LogP contribution in [0.25, 0.3) is 0 Å². The molecule has 0 aromatic heterocycles. The average molecular weight is 364 g/mol. The molecule has 0 fully saturated rings. The first kappa shape index (κ1) is 17.9. The molecule has 0 saturated carbocycles. The molecule has 0 radical (unpaired) electrons. The van der Waals surface area contributed by atoms with Crippen LogP contribution in [0.4, 0.5) is 0 Å². The number of hydrogen-bond donors (Lipinski definition) is 0. The van der Waals surface area contributed by atoms with Crippen LogP contribution in [0.3, 0.4) is 0 Å². The molecule has 0 N–H and O–H groups in total. The van der Waals surface area contributed by atoms with E-state index in [2.05, 4.69) is 93.6 Å². The van der Waals surface area contributed by atoms with Gasteiger partial charge in [-0.15, -0.1) is 0 Å². The maximum atomic E-state index is 2.31. The second kappa shape index (κ2) is 7.91. The van der Waals surface area contributed by atoms with Crippen molar-refractivity contribution >= 4 is 23.8 Å². The van der Waals surface area contributed by atoms with E-state index in [9.17, 15) is 0 Å². The van der Waals surface area contributed by atoms with Gasteiger partial charge in [0, 0.05) is 16.5 Å². The largest absolute Gasteiger partial charge is 0.105 e. The SMILES string of the molecule is Cc1ccccc1[PH+](c1ccccc1C)c1ccccc1C.[Ni]. The summed E-state index contributed by atoms with van der Waals surface area (Å²) >= 11 is 0. The van der Waals surface area contributed by atoms with Gasteiger partial charge in [-0.05, 0) is 55.7 Å². The zero-order valence-corrected chi connectivity index (χ0v) is 15.7. The Labute approximate surface area is 150 Å². The van der Waals surface area contributed by atoms with Gasteiger partial charge in [0.2, 0.25) is 0 Å². The second-order valence-corrected chi connectivity index (χ2v) is 8.19. The number of hydrogen-bond acceptors (Lipinski definition) is 0. The van der Waals surface area contributed by atoms with E-state index >= 15 is 0 Å². The molecule has 120 valence electrons. The van der Waals surface area contributed by atoms with E-state index in [4.69, 9.17) is 0 Å². The van der Waals surface area contributed by atoms with E-state index in [1.807, 2.05) is 0 Å². The van der Waals surface area contributed by atoms with Gasteiger partial charge in [-0.3, -0.25) is 0 Å². The van der Waals surface area contributed by atoms with Crippen LogP contribution >= 0.6 is 7.92 Å². The van der Waals surface area contributed by atoms with Gasteiger partial charge in [-0.25, -0.2) is 0 Å². The Hall–Kier alpha value is -1.42. The third kappa shape index (κ3) is 3.74. The van der Waals surface area contributed by atoms with Gasteiger partial charge in [0.1, 0.15) is 15.9 Å². The Morgan fingerprint density at radius 3 is 1.00 bits per heavy atom. The summed E-state index contributed by atoms with van der Waals surface area (Å²) < 4.78 is 0. The van der Waals surface area contributed by atoms with Crippen LogP contribution in [0.15, 0.2) is 72.8 Å². The fraction of sp³-hybridized carbons (Fsp3) is 0.143. The van der Waals surface area contributed by atoms with E-state index < -0.39 is 7.92 Å². The van der Waals surface area contributed by atoms with E-state index in [0.717, 1.165) is 0 Å². The summed E-state index contributed by atoms with van der Waals surface area (Å²) in [5, 5.41) is 4.49. The second-order valence-electron chi connectivity index (χ2n) is 5.82. The zero-order chi connectivity index (χ0) is 15.5. The average Bonchev–Trinajstić information content (AvgIpc) is 2.53. The minimum atomic E-state index is -0.968. The van der Waals surface area contributed by atoms with Crippen LogP contribution in [0.1, 0.15) is 16.7 Å². The molecule has 0 bridgehead atoms. The molecule has 0 heterocycles. The number of rotatable bonds is 3. The molecule has 23 heavy (non-hydrogen) atoms. The third-order valence-electron chi connectivity index (χ3n) is 4.24. The molecule has 2 heteroatoms. The van der Waals surface area contributed by atoms with Crippen molar-refractivity contribution in [3.63, 3.8) is 0 Å². The van der Waals surface area contributed by atoms with Crippen LogP contribution in [0.5, 0.6) is 0 Å². The first-order valence-corrected chi connectivity index (χ1v) is 9.23. The molecule has 3 aromatic rings. The van der Waals surface area contributed by atoms with Crippen LogP contribution in [0, 0.1) is 20.8 Å². The Kier molecular flexibility index (Phi) is 6.17.